The maximum absolute atomic E-state index is 12.2. The van der Waals surface area contributed by atoms with Gasteiger partial charge in [0.2, 0.25) is 0 Å². The number of likely N-dealkylation sites (tertiary alicyclic amines) is 1. The minimum absolute atomic E-state index is 0.0657. The summed E-state index contributed by atoms with van der Waals surface area (Å²) < 4.78 is 0. The molecule has 1 heterocycles. The van der Waals surface area contributed by atoms with E-state index in [1.165, 1.54) is 11.1 Å². The molecule has 1 atom stereocenters. The minimum atomic E-state index is -0.587. The van der Waals surface area contributed by atoms with E-state index >= 15 is 0 Å². The lowest BCUT2D eigenvalue weighted by molar-refractivity contribution is -0.144. The number of amides is 2. The van der Waals surface area contributed by atoms with Gasteiger partial charge < -0.3 is 15.3 Å². The van der Waals surface area contributed by atoms with E-state index in [0.29, 0.717) is 18.8 Å². The van der Waals surface area contributed by atoms with Crippen LogP contribution in [0.2, 0.25) is 0 Å². The molecular weight excluding hydrogens is 280 g/mol. The van der Waals surface area contributed by atoms with Crippen LogP contribution < -0.4 is 5.32 Å². The second-order valence-electron chi connectivity index (χ2n) is 6.23. The van der Waals surface area contributed by atoms with Gasteiger partial charge in [0.1, 0.15) is 0 Å². The minimum Gasteiger partial charge on any atom is -0.396 e. The second kappa shape index (κ2) is 6.48. The van der Waals surface area contributed by atoms with Gasteiger partial charge >= 0.3 is 11.8 Å². The highest BCUT2D eigenvalue weighted by molar-refractivity contribution is 6.39. The molecule has 0 saturated carbocycles. The molecular formula is C17H22N2O3. The van der Waals surface area contributed by atoms with Crippen molar-refractivity contribution in [3.63, 3.8) is 0 Å². The van der Waals surface area contributed by atoms with E-state index in [4.69, 9.17) is 0 Å². The summed E-state index contributed by atoms with van der Waals surface area (Å²) in [6.07, 6.45) is 5.04. The molecule has 0 spiro atoms. The number of aryl methyl sites for hydroxylation is 2. The molecule has 1 aromatic rings. The van der Waals surface area contributed by atoms with Gasteiger partial charge in [-0.05, 0) is 61.3 Å². The van der Waals surface area contributed by atoms with Crippen LogP contribution in [0.25, 0.3) is 0 Å². The summed E-state index contributed by atoms with van der Waals surface area (Å²) in [5, 5.41) is 11.9. The number of carbonyl (C=O) groups is 2. The van der Waals surface area contributed by atoms with Gasteiger partial charge in [-0.15, -0.1) is 0 Å². The lowest BCUT2D eigenvalue weighted by Crippen LogP contribution is -2.45. The van der Waals surface area contributed by atoms with Gasteiger partial charge in [-0.25, -0.2) is 0 Å². The molecule has 2 amide bonds. The number of piperidine rings is 1. The first-order valence-electron chi connectivity index (χ1n) is 8.00. The molecule has 5 nitrogen and oxygen atoms in total. The largest absolute Gasteiger partial charge is 0.396 e. The highest BCUT2D eigenvalue weighted by Crippen LogP contribution is 2.25. The number of nitrogens with zero attached hydrogens (tertiary/aromatic N) is 1. The Kier molecular flexibility index (Phi) is 4.43. The maximum Gasteiger partial charge on any atom is 0.313 e. The summed E-state index contributed by atoms with van der Waals surface area (Å²) in [4.78, 5) is 25.9. The predicted octanol–water partition coefficient (Wildman–Crippen LogP) is 1.34. The van der Waals surface area contributed by atoms with Crippen LogP contribution in [-0.4, -0.2) is 41.5 Å². The number of rotatable bonds is 2. The van der Waals surface area contributed by atoms with Gasteiger partial charge in [0, 0.05) is 25.4 Å². The van der Waals surface area contributed by atoms with Crippen molar-refractivity contribution in [1.82, 2.24) is 4.90 Å². The van der Waals surface area contributed by atoms with Crippen molar-refractivity contribution in [3.8, 4) is 0 Å². The summed E-state index contributed by atoms with van der Waals surface area (Å²) in [5.41, 5.74) is 3.30. The molecule has 1 aromatic carbocycles. The fourth-order valence-electron chi connectivity index (χ4n) is 3.38. The van der Waals surface area contributed by atoms with Gasteiger partial charge in [-0.1, -0.05) is 6.07 Å². The van der Waals surface area contributed by atoms with Crippen LogP contribution in [0.5, 0.6) is 0 Å². The average molecular weight is 302 g/mol. The fraction of sp³-hybridized carbons (Fsp3) is 0.529. The van der Waals surface area contributed by atoms with Crippen molar-refractivity contribution in [1.29, 1.82) is 0 Å². The first kappa shape index (κ1) is 15.0. The summed E-state index contributed by atoms with van der Waals surface area (Å²) >= 11 is 0. The first-order valence-corrected chi connectivity index (χ1v) is 8.00. The van der Waals surface area contributed by atoms with E-state index in [-0.39, 0.29) is 12.5 Å². The van der Waals surface area contributed by atoms with Crippen molar-refractivity contribution in [2.45, 2.75) is 32.1 Å². The molecule has 0 bridgehead atoms. The maximum atomic E-state index is 12.2. The number of fused-ring (bicyclic) bond motifs is 1. The molecule has 2 N–H and O–H groups in total. The Morgan fingerprint density at radius 1 is 1.23 bits per heavy atom. The first-order chi connectivity index (χ1) is 10.7. The SMILES string of the molecule is O=C(Nc1ccc2c(c1)CCC2)C(=O)N1CCCC(CO)C1. The molecule has 22 heavy (non-hydrogen) atoms. The van der Waals surface area contributed by atoms with Crippen LogP contribution in [-0.2, 0) is 22.4 Å². The molecule has 1 aliphatic carbocycles. The standard InChI is InChI=1S/C17H22N2O3/c20-11-12-3-2-8-19(10-12)17(22)16(21)18-15-7-6-13-4-1-5-14(13)9-15/h6-7,9,12,20H,1-5,8,10-11H2,(H,18,21). The Labute approximate surface area is 130 Å². The zero-order chi connectivity index (χ0) is 15.5. The van der Waals surface area contributed by atoms with Crippen molar-refractivity contribution >= 4 is 17.5 Å². The lowest BCUT2D eigenvalue weighted by atomic mass is 9.99. The molecule has 1 fully saturated rings. The van der Waals surface area contributed by atoms with Crippen LogP contribution in [0, 0.1) is 5.92 Å². The van der Waals surface area contributed by atoms with E-state index in [9.17, 15) is 14.7 Å². The molecule has 0 aromatic heterocycles. The Morgan fingerprint density at radius 3 is 2.86 bits per heavy atom. The van der Waals surface area contributed by atoms with Gasteiger partial charge in [0.15, 0.2) is 0 Å². The number of aliphatic hydroxyl groups is 1. The molecule has 1 aliphatic heterocycles. The van der Waals surface area contributed by atoms with E-state index in [1.54, 1.807) is 4.90 Å². The molecule has 118 valence electrons. The lowest BCUT2D eigenvalue weighted by Gasteiger charge is -2.31. The molecule has 3 rings (SSSR count). The molecule has 1 saturated heterocycles. The molecule has 1 unspecified atom stereocenters. The molecule has 2 aliphatic rings. The predicted molar refractivity (Wildman–Crippen MR) is 83.5 cm³/mol. The zero-order valence-corrected chi connectivity index (χ0v) is 12.7. The highest BCUT2D eigenvalue weighted by atomic mass is 16.3. The Balaban J connectivity index is 1.62. The van der Waals surface area contributed by atoms with Crippen LogP contribution in [0.4, 0.5) is 5.69 Å². The van der Waals surface area contributed by atoms with Gasteiger partial charge in [-0.3, -0.25) is 9.59 Å². The second-order valence-corrected chi connectivity index (χ2v) is 6.23. The summed E-state index contributed by atoms with van der Waals surface area (Å²) in [6.45, 7) is 1.12. The Hall–Kier alpha value is -1.88. The van der Waals surface area contributed by atoms with Crippen LogP contribution >= 0.6 is 0 Å². The van der Waals surface area contributed by atoms with Crippen LogP contribution in [0.15, 0.2) is 18.2 Å². The third-order valence-electron chi connectivity index (χ3n) is 4.62. The quantitative estimate of drug-likeness (QED) is 0.810. The van der Waals surface area contributed by atoms with E-state index in [2.05, 4.69) is 5.32 Å². The summed E-state index contributed by atoms with van der Waals surface area (Å²) in [7, 11) is 0. The molecule has 5 heteroatoms. The average Bonchev–Trinajstić information content (AvgIpc) is 3.01. The third kappa shape index (κ3) is 3.14. The topological polar surface area (TPSA) is 69.6 Å². The van der Waals surface area contributed by atoms with Crippen LogP contribution in [0.1, 0.15) is 30.4 Å². The Bertz CT molecular complexity index is 585. The number of nitrogens with one attached hydrogen (secondary N) is 1. The van der Waals surface area contributed by atoms with Gasteiger partial charge in [-0.2, -0.15) is 0 Å². The summed E-state index contributed by atoms with van der Waals surface area (Å²) in [6, 6.07) is 5.87. The monoisotopic (exact) mass is 302 g/mol. The zero-order valence-electron chi connectivity index (χ0n) is 12.7. The number of benzene rings is 1. The molecule has 0 radical (unpaired) electrons. The van der Waals surface area contributed by atoms with Crippen molar-refractivity contribution < 1.29 is 14.7 Å². The third-order valence-corrected chi connectivity index (χ3v) is 4.62. The van der Waals surface area contributed by atoms with Crippen molar-refractivity contribution in [3.05, 3.63) is 29.3 Å². The highest BCUT2D eigenvalue weighted by Gasteiger charge is 2.27. The normalized spacial score (nSPS) is 20.6. The fourth-order valence-corrected chi connectivity index (χ4v) is 3.38. The van der Waals surface area contributed by atoms with Gasteiger partial charge in [0.05, 0.1) is 0 Å². The van der Waals surface area contributed by atoms with Crippen LogP contribution in [0.3, 0.4) is 0 Å². The van der Waals surface area contributed by atoms with E-state index in [1.807, 2.05) is 18.2 Å². The number of carbonyl (C=O) groups excluding carboxylic acids is 2. The van der Waals surface area contributed by atoms with Crippen molar-refractivity contribution in [2.75, 3.05) is 25.0 Å². The Morgan fingerprint density at radius 2 is 2.05 bits per heavy atom. The number of hydrogen-bond donors (Lipinski definition) is 2. The van der Waals surface area contributed by atoms with Crippen molar-refractivity contribution in [2.24, 2.45) is 5.92 Å². The van der Waals surface area contributed by atoms with Gasteiger partial charge in [0.25, 0.3) is 0 Å². The van der Waals surface area contributed by atoms with E-state index in [0.717, 1.165) is 32.1 Å². The number of aliphatic hydroxyl groups excluding tert-OH is 1. The number of anilines is 1. The smallest absolute Gasteiger partial charge is 0.313 e. The number of hydrogen-bond acceptors (Lipinski definition) is 3. The summed E-state index contributed by atoms with van der Waals surface area (Å²) in [5.74, 6) is -0.999. The van der Waals surface area contributed by atoms with E-state index < -0.39 is 11.8 Å².